The lowest BCUT2D eigenvalue weighted by atomic mass is 10.0. The highest BCUT2D eigenvalue weighted by Gasteiger charge is 2.41. The summed E-state index contributed by atoms with van der Waals surface area (Å²) in [5.74, 6) is 0.404. The molecular formula is C28H26ClN3O4S. The minimum absolute atomic E-state index is 0.145. The first-order chi connectivity index (χ1) is 17.9. The molecule has 9 heteroatoms. The fourth-order valence-corrected chi connectivity index (χ4v) is 6.05. The molecule has 0 bridgehead atoms. The number of methoxy groups -OCH3 is 2. The zero-order chi connectivity index (χ0) is 26.1. The fraction of sp³-hybridized carbons (Fsp3) is 0.214. The third kappa shape index (κ3) is 4.51. The Hall–Kier alpha value is -3.62. The van der Waals surface area contributed by atoms with Crippen LogP contribution in [0.2, 0.25) is 5.02 Å². The monoisotopic (exact) mass is 535 g/mol. The van der Waals surface area contributed by atoms with Gasteiger partial charge in [-0.05, 0) is 17.7 Å². The largest absolute Gasteiger partial charge is 0.495 e. The van der Waals surface area contributed by atoms with Gasteiger partial charge in [-0.2, -0.15) is 0 Å². The summed E-state index contributed by atoms with van der Waals surface area (Å²) in [6.45, 7) is 0.325. The number of thioether (sulfide) groups is 1. The highest BCUT2D eigenvalue weighted by molar-refractivity contribution is 8.00. The maximum Gasteiger partial charge on any atom is 0.248 e. The van der Waals surface area contributed by atoms with Gasteiger partial charge in [0.25, 0.3) is 0 Å². The SMILES string of the molecule is COc1cc(OC)c(N2C(=O)CSc3c(c4ccccc4n3C)[C@H]2C(=O)NCc2ccccc2)cc1Cl. The molecular weight excluding hydrogens is 510 g/mol. The second-order valence-electron chi connectivity index (χ2n) is 8.61. The van der Waals surface area contributed by atoms with Gasteiger partial charge in [-0.15, -0.1) is 0 Å². The van der Waals surface area contributed by atoms with Crippen LogP contribution in [-0.2, 0) is 23.2 Å². The number of hydrogen-bond donors (Lipinski definition) is 1. The summed E-state index contributed by atoms with van der Waals surface area (Å²) < 4.78 is 13.0. The lowest BCUT2D eigenvalue weighted by Crippen LogP contribution is -2.44. The van der Waals surface area contributed by atoms with E-state index in [0.717, 1.165) is 27.1 Å². The van der Waals surface area contributed by atoms with E-state index >= 15 is 0 Å². The summed E-state index contributed by atoms with van der Waals surface area (Å²) in [7, 11) is 4.98. The third-order valence-corrected chi connectivity index (χ3v) is 7.95. The molecule has 2 amide bonds. The molecule has 4 aromatic rings. The Kier molecular flexibility index (Phi) is 7.04. The van der Waals surface area contributed by atoms with Crippen LogP contribution < -0.4 is 19.7 Å². The van der Waals surface area contributed by atoms with Crippen molar-refractivity contribution >= 4 is 51.8 Å². The van der Waals surface area contributed by atoms with Crippen LogP contribution in [0.25, 0.3) is 10.9 Å². The van der Waals surface area contributed by atoms with Crippen LogP contribution in [0.3, 0.4) is 0 Å². The lowest BCUT2D eigenvalue weighted by molar-refractivity contribution is -0.125. The topological polar surface area (TPSA) is 72.8 Å². The summed E-state index contributed by atoms with van der Waals surface area (Å²) in [5, 5.41) is 5.15. The molecule has 0 spiro atoms. The number of halogens is 1. The fourth-order valence-electron chi connectivity index (χ4n) is 4.75. The van der Waals surface area contributed by atoms with Crippen molar-refractivity contribution in [3.63, 3.8) is 0 Å². The van der Waals surface area contributed by atoms with Crippen LogP contribution in [0, 0.1) is 0 Å². The van der Waals surface area contributed by atoms with Gasteiger partial charge >= 0.3 is 0 Å². The number of aryl methyl sites for hydroxylation is 1. The summed E-state index contributed by atoms with van der Waals surface area (Å²) >= 11 is 7.93. The normalized spacial score (nSPS) is 15.3. The number of benzene rings is 3. The van der Waals surface area contributed by atoms with E-state index in [2.05, 4.69) is 5.32 Å². The average molecular weight is 536 g/mol. The predicted molar refractivity (Wildman–Crippen MR) is 147 cm³/mol. The molecule has 3 aromatic carbocycles. The quantitative estimate of drug-likeness (QED) is 0.360. The highest BCUT2D eigenvalue weighted by Crippen LogP contribution is 2.47. The summed E-state index contributed by atoms with van der Waals surface area (Å²) in [6.07, 6.45) is 0. The number of anilines is 1. The van der Waals surface area contributed by atoms with Crippen molar-refractivity contribution in [3.05, 3.63) is 82.9 Å². The number of nitrogens with one attached hydrogen (secondary N) is 1. The second-order valence-corrected chi connectivity index (χ2v) is 9.98. The van der Waals surface area contributed by atoms with Gasteiger partial charge in [-0.25, -0.2) is 0 Å². The minimum atomic E-state index is -0.953. The summed E-state index contributed by atoms with van der Waals surface area (Å²) in [4.78, 5) is 29.3. The molecule has 37 heavy (non-hydrogen) atoms. The number of carbonyl (C=O) groups is 2. The second kappa shape index (κ2) is 10.4. The van der Waals surface area contributed by atoms with Crippen LogP contribution in [0.4, 0.5) is 5.69 Å². The van der Waals surface area contributed by atoms with Crippen molar-refractivity contribution in [3.8, 4) is 11.5 Å². The van der Waals surface area contributed by atoms with E-state index in [1.165, 1.54) is 30.9 Å². The Balaban J connectivity index is 1.70. The molecule has 1 N–H and O–H groups in total. The van der Waals surface area contributed by atoms with Crippen molar-refractivity contribution in [1.29, 1.82) is 0 Å². The molecule has 0 aliphatic carbocycles. The van der Waals surface area contributed by atoms with Gasteiger partial charge in [0.15, 0.2) is 0 Å². The number of aromatic nitrogens is 1. The van der Waals surface area contributed by atoms with E-state index in [1.54, 1.807) is 12.1 Å². The van der Waals surface area contributed by atoms with Crippen molar-refractivity contribution < 1.29 is 19.1 Å². The average Bonchev–Trinajstić information content (AvgIpc) is 3.10. The third-order valence-electron chi connectivity index (χ3n) is 6.49. The summed E-state index contributed by atoms with van der Waals surface area (Å²) in [6, 6.07) is 19.9. The maximum atomic E-state index is 14.1. The number of nitrogens with zero attached hydrogens (tertiary/aromatic N) is 2. The van der Waals surface area contributed by atoms with E-state index in [0.29, 0.717) is 28.8 Å². The molecule has 0 fully saturated rings. The van der Waals surface area contributed by atoms with E-state index < -0.39 is 6.04 Å². The molecule has 0 saturated heterocycles. The number of hydrogen-bond acceptors (Lipinski definition) is 5. The van der Waals surface area contributed by atoms with E-state index in [9.17, 15) is 9.59 Å². The van der Waals surface area contributed by atoms with Crippen LogP contribution in [0.1, 0.15) is 17.2 Å². The zero-order valence-electron chi connectivity index (χ0n) is 20.7. The number of amides is 2. The molecule has 0 saturated carbocycles. The van der Waals surface area contributed by atoms with Crippen molar-refractivity contribution in [1.82, 2.24) is 9.88 Å². The van der Waals surface area contributed by atoms with E-state index in [1.807, 2.05) is 66.2 Å². The predicted octanol–water partition coefficient (Wildman–Crippen LogP) is 5.35. The molecule has 2 heterocycles. The van der Waals surface area contributed by atoms with E-state index in [-0.39, 0.29) is 17.6 Å². The van der Waals surface area contributed by atoms with Gasteiger partial charge in [0.05, 0.1) is 35.7 Å². The van der Waals surface area contributed by atoms with Gasteiger partial charge in [-0.3, -0.25) is 14.5 Å². The van der Waals surface area contributed by atoms with Gasteiger partial charge < -0.3 is 19.4 Å². The lowest BCUT2D eigenvalue weighted by Gasteiger charge is -2.31. The van der Waals surface area contributed by atoms with E-state index in [4.69, 9.17) is 21.1 Å². The van der Waals surface area contributed by atoms with Crippen LogP contribution in [0.5, 0.6) is 11.5 Å². The van der Waals surface area contributed by atoms with Crippen LogP contribution >= 0.6 is 23.4 Å². The minimum Gasteiger partial charge on any atom is -0.495 e. The number of carbonyl (C=O) groups excluding carboxylic acids is 2. The van der Waals surface area contributed by atoms with Crippen LogP contribution in [0.15, 0.2) is 71.8 Å². The number of para-hydroxylation sites is 1. The standard InChI is InChI=1S/C28H26ClN3O4S/c1-31-20-12-8-7-11-18(20)25-26(27(34)30-15-17-9-5-4-6-10-17)32(24(33)16-37-28(25)31)21-13-19(29)22(35-2)14-23(21)36-3/h4-14,26H,15-16H2,1-3H3,(H,30,34)/t26-/m0/s1. The molecule has 190 valence electrons. The van der Waals surface area contributed by atoms with Gasteiger partial charge in [0.1, 0.15) is 17.5 Å². The molecule has 1 aliphatic heterocycles. The Bertz CT molecular complexity index is 1490. The Labute approximate surface area is 224 Å². The summed E-state index contributed by atoms with van der Waals surface area (Å²) in [5.41, 5.74) is 3.11. The van der Waals surface area contributed by atoms with Gasteiger partial charge in [0.2, 0.25) is 11.8 Å². The molecule has 0 unspecified atom stereocenters. The van der Waals surface area contributed by atoms with Crippen molar-refractivity contribution in [2.24, 2.45) is 7.05 Å². The number of ether oxygens (including phenoxy) is 2. The first-order valence-electron chi connectivity index (χ1n) is 11.7. The Morgan fingerprint density at radius 2 is 1.76 bits per heavy atom. The molecule has 1 aliphatic rings. The molecule has 7 nitrogen and oxygen atoms in total. The zero-order valence-corrected chi connectivity index (χ0v) is 22.2. The first-order valence-corrected chi connectivity index (χ1v) is 13.1. The van der Waals surface area contributed by atoms with Crippen molar-refractivity contribution in [2.75, 3.05) is 24.9 Å². The number of rotatable bonds is 6. The van der Waals surface area contributed by atoms with Crippen LogP contribution in [-0.4, -0.2) is 36.4 Å². The Morgan fingerprint density at radius 3 is 2.49 bits per heavy atom. The maximum absolute atomic E-state index is 14.1. The Morgan fingerprint density at radius 1 is 1.05 bits per heavy atom. The first kappa shape index (κ1) is 25.0. The highest BCUT2D eigenvalue weighted by atomic mass is 35.5. The molecule has 1 aromatic heterocycles. The smallest absolute Gasteiger partial charge is 0.248 e. The molecule has 1 atom stereocenters. The molecule has 5 rings (SSSR count). The number of fused-ring (bicyclic) bond motifs is 3. The van der Waals surface area contributed by atoms with Gasteiger partial charge in [0, 0.05) is 36.1 Å². The van der Waals surface area contributed by atoms with Gasteiger partial charge in [-0.1, -0.05) is 71.9 Å². The molecule has 0 radical (unpaired) electrons. The van der Waals surface area contributed by atoms with Crippen molar-refractivity contribution in [2.45, 2.75) is 17.6 Å².